The molecule has 1 rings (SSSR count). The van der Waals surface area contributed by atoms with E-state index in [0.29, 0.717) is 8.81 Å². The molecule has 1 heterocycles. The molecule has 8 heteroatoms. The number of sulfonamides is 1. The third-order valence-corrected chi connectivity index (χ3v) is 5.85. The minimum absolute atomic E-state index is 0.181. The molecule has 1 aromatic heterocycles. The van der Waals surface area contributed by atoms with Crippen LogP contribution in [0.4, 0.5) is 0 Å². The van der Waals surface area contributed by atoms with Gasteiger partial charge in [0.05, 0.1) is 8.81 Å². The lowest BCUT2D eigenvalue weighted by Gasteiger charge is -2.06. The molecule has 0 radical (unpaired) electrons. The first-order valence-corrected chi connectivity index (χ1v) is 7.50. The zero-order valence-electron chi connectivity index (χ0n) is 7.83. The van der Waals surface area contributed by atoms with Crippen molar-refractivity contribution in [3.63, 3.8) is 0 Å². The zero-order valence-corrected chi connectivity index (χ0v) is 11.8. The third-order valence-electron chi connectivity index (χ3n) is 1.48. The fourth-order valence-corrected chi connectivity index (χ4v) is 4.36. The lowest BCUT2D eigenvalue weighted by molar-refractivity contribution is 0.576. The van der Waals surface area contributed by atoms with Crippen molar-refractivity contribution in [2.75, 3.05) is 6.54 Å². The molecular weight excluding hydrogens is 324 g/mol. The van der Waals surface area contributed by atoms with Crippen molar-refractivity contribution in [1.29, 1.82) is 0 Å². The van der Waals surface area contributed by atoms with E-state index in [-0.39, 0.29) is 16.8 Å². The van der Waals surface area contributed by atoms with Gasteiger partial charge in [0.2, 0.25) is 10.0 Å². The maximum absolute atomic E-state index is 11.7. The number of thiophene rings is 1. The van der Waals surface area contributed by atoms with E-state index in [1.54, 1.807) is 6.92 Å². The van der Waals surface area contributed by atoms with E-state index in [9.17, 15) is 8.42 Å². The topological polar surface area (TPSA) is 72.2 Å². The van der Waals surface area contributed by atoms with Crippen LogP contribution in [0, 0.1) is 0 Å². The molecule has 0 aliphatic heterocycles. The molecule has 0 aliphatic rings. The number of nitrogens with one attached hydrogen (secondary N) is 1. The number of halogens is 2. The van der Waals surface area contributed by atoms with Crippen molar-refractivity contribution in [2.24, 2.45) is 5.73 Å². The van der Waals surface area contributed by atoms with Gasteiger partial charge in [0.25, 0.3) is 0 Å². The van der Waals surface area contributed by atoms with Crippen LogP contribution in [0.2, 0.25) is 5.02 Å². The Morgan fingerprint density at radius 2 is 2.33 bits per heavy atom. The van der Waals surface area contributed by atoms with Gasteiger partial charge in [-0.2, -0.15) is 0 Å². The van der Waals surface area contributed by atoms with E-state index in [0.717, 1.165) is 11.3 Å². The maximum Gasteiger partial charge on any atom is 0.250 e. The Balaban J connectivity index is 2.87. The van der Waals surface area contributed by atoms with Crippen molar-refractivity contribution in [3.8, 4) is 0 Å². The number of hydrogen-bond donors (Lipinski definition) is 2. The lowest BCUT2D eigenvalue weighted by Crippen LogP contribution is -2.34. The predicted octanol–water partition coefficient (Wildman–Crippen LogP) is 1.79. The van der Waals surface area contributed by atoms with Crippen molar-refractivity contribution < 1.29 is 8.42 Å². The summed E-state index contributed by atoms with van der Waals surface area (Å²) < 4.78 is 26.5. The molecule has 3 N–H and O–H groups in total. The number of rotatable bonds is 4. The Bertz CT molecular complexity index is 424. The maximum atomic E-state index is 11.7. The van der Waals surface area contributed by atoms with Gasteiger partial charge in [-0.05, 0) is 28.9 Å². The fourth-order valence-electron chi connectivity index (χ4n) is 0.771. The van der Waals surface area contributed by atoms with Crippen molar-refractivity contribution in [2.45, 2.75) is 17.2 Å². The smallest absolute Gasteiger partial charge is 0.250 e. The lowest BCUT2D eigenvalue weighted by atomic mass is 10.4. The van der Waals surface area contributed by atoms with E-state index in [2.05, 4.69) is 20.7 Å². The van der Waals surface area contributed by atoms with Crippen LogP contribution in [0.15, 0.2) is 14.1 Å². The molecule has 86 valence electrons. The van der Waals surface area contributed by atoms with E-state index < -0.39 is 10.0 Å². The van der Waals surface area contributed by atoms with Gasteiger partial charge in [-0.25, -0.2) is 13.1 Å². The summed E-state index contributed by atoms with van der Waals surface area (Å²) in [6, 6.07) is 1.18. The molecule has 1 unspecified atom stereocenters. The molecule has 15 heavy (non-hydrogen) atoms. The Kier molecular flexibility index (Phi) is 4.57. The van der Waals surface area contributed by atoms with Crippen LogP contribution >= 0.6 is 38.9 Å². The van der Waals surface area contributed by atoms with Gasteiger partial charge in [0.15, 0.2) is 0 Å². The standard InChI is InChI=1S/C7H10BrClN2O2S2/c1-4(10)3-11-15(12,13)6-2-5(9)7(8)14-6/h2,4,11H,3,10H2,1H3. The normalized spacial score (nSPS) is 14.1. The van der Waals surface area contributed by atoms with E-state index in [4.69, 9.17) is 17.3 Å². The Hall–Kier alpha value is 0.340. The van der Waals surface area contributed by atoms with Crippen LogP contribution in [0.3, 0.4) is 0 Å². The molecule has 0 bridgehead atoms. The van der Waals surface area contributed by atoms with Crippen LogP contribution in [0.5, 0.6) is 0 Å². The molecule has 0 saturated heterocycles. The monoisotopic (exact) mass is 332 g/mol. The van der Waals surface area contributed by atoms with Gasteiger partial charge in [0.1, 0.15) is 4.21 Å². The average Bonchev–Trinajstić information content (AvgIpc) is 2.45. The Morgan fingerprint density at radius 1 is 1.73 bits per heavy atom. The Morgan fingerprint density at radius 3 is 2.73 bits per heavy atom. The van der Waals surface area contributed by atoms with Crippen LogP contribution in [0.25, 0.3) is 0 Å². The number of hydrogen-bond acceptors (Lipinski definition) is 4. The highest BCUT2D eigenvalue weighted by Crippen LogP contribution is 2.34. The van der Waals surface area contributed by atoms with Gasteiger partial charge < -0.3 is 5.73 Å². The second-order valence-electron chi connectivity index (χ2n) is 3.02. The largest absolute Gasteiger partial charge is 0.327 e. The van der Waals surface area contributed by atoms with Crippen molar-refractivity contribution in [3.05, 3.63) is 14.9 Å². The quantitative estimate of drug-likeness (QED) is 0.882. The number of nitrogens with two attached hydrogens (primary N) is 1. The van der Waals surface area contributed by atoms with Crippen LogP contribution in [0.1, 0.15) is 6.92 Å². The highest BCUT2D eigenvalue weighted by Gasteiger charge is 2.18. The SMILES string of the molecule is CC(N)CNS(=O)(=O)c1cc(Cl)c(Br)s1. The van der Waals surface area contributed by atoms with Crippen LogP contribution in [-0.4, -0.2) is 21.0 Å². The summed E-state index contributed by atoms with van der Waals surface area (Å²) in [7, 11) is -3.48. The first-order valence-electron chi connectivity index (χ1n) is 4.03. The molecule has 1 atom stereocenters. The van der Waals surface area contributed by atoms with E-state index in [1.807, 2.05) is 0 Å². The van der Waals surface area contributed by atoms with Crippen LogP contribution < -0.4 is 10.5 Å². The molecule has 0 aliphatic carbocycles. The summed E-state index contributed by atoms with van der Waals surface area (Å²) in [4.78, 5) is 0. The molecule has 0 spiro atoms. The van der Waals surface area contributed by atoms with Gasteiger partial charge in [0, 0.05) is 12.6 Å². The molecule has 1 aromatic rings. The van der Waals surface area contributed by atoms with Crippen molar-refractivity contribution in [1.82, 2.24) is 4.72 Å². The predicted molar refractivity (Wildman–Crippen MR) is 65.9 cm³/mol. The van der Waals surface area contributed by atoms with Gasteiger partial charge in [-0.15, -0.1) is 11.3 Å². The summed E-state index contributed by atoms with van der Waals surface area (Å²) in [5.41, 5.74) is 5.45. The highest BCUT2D eigenvalue weighted by molar-refractivity contribution is 9.11. The molecule has 0 aromatic carbocycles. The van der Waals surface area contributed by atoms with E-state index >= 15 is 0 Å². The van der Waals surface area contributed by atoms with Crippen LogP contribution in [-0.2, 0) is 10.0 Å². The van der Waals surface area contributed by atoms with Gasteiger partial charge in [-0.1, -0.05) is 11.6 Å². The highest BCUT2D eigenvalue weighted by atomic mass is 79.9. The minimum Gasteiger partial charge on any atom is -0.327 e. The summed E-state index contributed by atoms with van der Waals surface area (Å²) in [5, 5.41) is 0.390. The first kappa shape index (κ1) is 13.4. The molecule has 0 amide bonds. The molecule has 4 nitrogen and oxygen atoms in total. The average molecular weight is 334 g/mol. The van der Waals surface area contributed by atoms with Crippen molar-refractivity contribution >= 4 is 48.9 Å². The third kappa shape index (κ3) is 3.69. The second-order valence-corrected chi connectivity index (χ2v) is 7.79. The molecule has 0 fully saturated rings. The zero-order chi connectivity index (χ0) is 11.6. The molecular formula is C7H10BrClN2O2S2. The molecule has 0 saturated carbocycles. The Labute approximate surface area is 106 Å². The summed E-state index contributed by atoms with van der Waals surface area (Å²) in [5.74, 6) is 0. The summed E-state index contributed by atoms with van der Waals surface area (Å²) in [6.07, 6.45) is 0. The summed E-state index contributed by atoms with van der Waals surface area (Å²) >= 11 is 9.97. The first-order chi connectivity index (χ1) is 6.83. The fraction of sp³-hybridized carbons (Fsp3) is 0.429. The van der Waals surface area contributed by atoms with E-state index in [1.165, 1.54) is 6.07 Å². The second kappa shape index (κ2) is 5.11. The minimum atomic E-state index is -3.48. The van der Waals surface area contributed by atoms with Gasteiger partial charge in [-0.3, -0.25) is 0 Å². The van der Waals surface area contributed by atoms with Gasteiger partial charge >= 0.3 is 0 Å². The summed E-state index contributed by atoms with van der Waals surface area (Å²) in [6.45, 7) is 1.93.